The molecule has 0 aliphatic heterocycles. The first-order chi connectivity index (χ1) is 10.0. The van der Waals surface area contributed by atoms with Gasteiger partial charge in [-0.3, -0.25) is 0 Å². The molecule has 0 amide bonds. The Morgan fingerprint density at radius 2 is 1.76 bits per heavy atom. The second-order valence-corrected chi connectivity index (χ2v) is 6.47. The minimum Gasteiger partial charge on any atom is -0.493 e. The van der Waals surface area contributed by atoms with E-state index in [0.717, 1.165) is 23.3 Å². The maximum Gasteiger partial charge on any atom is 0.161 e. The van der Waals surface area contributed by atoms with Crippen molar-refractivity contribution < 1.29 is 9.47 Å². The fraction of sp³-hybridized carbons (Fsp3) is 0.667. The zero-order valence-corrected chi connectivity index (χ0v) is 14.0. The van der Waals surface area contributed by atoms with E-state index in [9.17, 15) is 0 Å². The Bertz CT molecular complexity index is 461. The van der Waals surface area contributed by atoms with Gasteiger partial charge in [0.15, 0.2) is 11.5 Å². The summed E-state index contributed by atoms with van der Waals surface area (Å²) >= 11 is 0. The normalized spacial score (nSPS) is 27.2. The van der Waals surface area contributed by atoms with E-state index in [-0.39, 0.29) is 0 Å². The van der Waals surface area contributed by atoms with E-state index in [1.165, 1.54) is 24.8 Å². The Kier molecular flexibility index (Phi) is 5.51. The fourth-order valence-electron chi connectivity index (χ4n) is 3.27. The summed E-state index contributed by atoms with van der Waals surface area (Å²) in [7, 11) is 3.35. The highest BCUT2D eigenvalue weighted by Crippen LogP contribution is 2.33. The van der Waals surface area contributed by atoms with Crippen molar-refractivity contribution >= 4 is 0 Å². The lowest BCUT2D eigenvalue weighted by Gasteiger charge is -2.34. The van der Waals surface area contributed by atoms with Crippen molar-refractivity contribution in [3.63, 3.8) is 0 Å². The molecule has 0 saturated heterocycles. The van der Waals surface area contributed by atoms with Crippen LogP contribution in [0.1, 0.15) is 51.6 Å². The molecule has 1 aromatic rings. The Labute approximate surface area is 129 Å². The third-order valence-electron chi connectivity index (χ3n) is 4.99. The lowest BCUT2D eigenvalue weighted by atomic mass is 9.79. The summed E-state index contributed by atoms with van der Waals surface area (Å²) in [5.74, 6) is 3.26. The standard InChI is InChI=1S/C18H29NO2/c1-12-6-8-16(10-13(12)2)19-14(3)15-7-9-17(20-4)18(11-15)21-5/h7,9,11-14,16,19H,6,8,10H2,1-5H3. The van der Waals surface area contributed by atoms with Crippen molar-refractivity contribution in [2.45, 2.75) is 52.1 Å². The second kappa shape index (κ2) is 7.17. The summed E-state index contributed by atoms with van der Waals surface area (Å²) in [4.78, 5) is 0. The first-order valence-electron chi connectivity index (χ1n) is 8.03. The smallest absolute Gasteiger partial charge is 0.161 e. The lowest BCUT2D eigenvalue weighted by Crippen LogP contribution is -2.37. The summed E-state index contributed by atoms with van der Waals surface area (Å²) < 4.78 is 10.7. The molecule has 1 fully saturated rings. The largest absolute Gasteiger partial charge is 0.493 e. The number of methoxy groups -OCH3 is 2. The number of hydrogen-bond acceptors (Lipinski definition) is 3. The maximum absolute atomic E-state index is 5.40. The molecule has 2 rings (SSSR count). The molecule has 21 heavy (non-hydrogen) atoms. The molecule has 0 heterocycles. The van der Waals surface area contributed by atoms with Gasteiger partial charge in [-0.25, -0.2) is 0 Å². The molecule has 1 aromatic carbocycles. The molecule has 4 unspecified atom stereocenters. The van der Waals surface area contributed by atoms with Gasteiger partial charge in [0.1, 0.15) is 0 Å². The molecule has 4 atom stereocenters. The molecule has 0 radical (unpaired) electrons. The Hall–Kier alpha value is -1.22. The monoisotopic (exact) mass is 291 g/mol. The van der Waals surface area contributed by atoms with Crippen molar-refractivity contribution in [3.05, 3.63) is 23.8 Å². The van der Waals surface area contributed by atoms with Crippen LogP contribution in [0.3, 0.4) is 0 Å². The topological polar surface area (TPSA) is 30.5 Å². The minimum atomic E-state index is 0.329. The number of rotatable bonds is 5. The van der Waals surface area contributed by atoms with Crippen LogP contribution in [0, 0.1) is 11.8 Å². The highest BCUT2D eigenvalue weighted by molar-refractivity contribution is 5.43. The zero-order valence-electron chi connectivity index (χ0n) is 14.0. The molecule has 0 bridgehead atoms. The maximum atomic E-state index is 5.40. The van der Waals surface area contributed by atoms with E-state index in [2.05, 4.69) is 38.2 Å². The van der Waals surface area contributed by atoms with E-state index >= 15 is 0 Å². The molecular formula is C18H29NO2. The van der Waals surface area contributed by atoms with Gasteiger partial charge in [-0.1, -0.05) is 19.9 Å². The van der Waals surface area contributed by atoms with Gasteiger partial charge in [0.2, 0.25) is 0 Å². The van der Waals surface area contributed by atoms with Gasteiger partial charge < -0.3 is 14.8 Å². The van der Waals surface area contributed by atoms with E-state index in [1.54, 1.807) is 14.2 Å². The first-order valence-corrected chi connectivity index (χ1v) is 8.03. The minimum absolute atomic E-state index is 0.329. The number of ether oxygens (including phenoxy) is 2. The molecule has 0 spiro atoms. The average Bonchev–Trinajstić information content (AvgIpc) is 2.50. The van der Waals surface area contributed by atoms with Crippen molar-refractivity contribution in [1.82, 2.24) is 5.32 Å². The van der Waals surface area contributed by atoms with E-state index in [1.807, 2.05) is 6.07 Å². The molecule has 1 aliphatic carbocycles. The second-order valence-electron chi connectivity index (χ2n) is 6.47. The average molecular weight is 291 g/mol. The predicted octanol–water partition coefficient (Wildman–Crippen LogP) is 4.18. The summed E-state index contributed by atoms with van der Waals surface area (Å²) in [6.07, 6.45) is 3.89. The quantitative estimate of drug-likeness (QED) is 0.883. The van der Waals surface area contributed by atoms with Gasteiger partial charge >= 0.3 is 0 Å². The van der Waals surface area contributed by atoms with Crippen LogP contribution in [-0.4, -0.2) is 20.3 Å². The molecule has 118 valence electrons. The van der Waals surface area contributed by atoms with Gasteiger partial charge in [-0.05, 0) is 55.7 Å². The number of nitrogens with one attached hydrogen (secondary N) is 1. The molecule has 1 saturated carbocycles. The zero-order chi connectivity index (χ0) is 15.4. The Morgan fingerprint density at radius 1 is 1.05 bits per heavy atom. The van der Waals surface area contributed by atoms with Gasteiger partial charge in [0, 0.05) is 12.1 Å². The third kappa shape index (κ3) is 3.91. The highest BCUT2D eigenvalue weighted by atomic mass is 16.5. The van der Waals surface area contributed by atoms with Crippen LogP contribution >= 0.6 is 0 Å². The van der Waals surface area contributed by atoms with E-state index in [0.29, 0.717) is 12.1 Å². The van der Waals surface area contributed by atoms with Crippen LogP contribution in [0.15, 0.2) is 18.2 Å². The number of hydrogen-bond donors (Lipinski definition) is 1. The van der Waals surface area contributed by atoms with Gasteiger partial charge in [-0.2, -0.15) is 0 Å². The van der Waals surface area contributed by atoms with Crippen molar-refractivity contribution in [3.8, 4) is 11.5 Å². The molecule has 1 N–H and O–H groups in total. The SMILES string of the molecule is COc1ccc(C(C)NC2CCC(C)C(C)C2)cc1OC. The van der Waals surface area contributed by atoms with E-state index in [4.69, 9.17) is 9.47 Å². The summed E-state index contributed by atoms with van der Waals surface area (Å²) in [6, 6.07) is 7.13. The lowest BCUT2D eigenvalue weighted by molar-refractivity contribution is 0.217. The summed E-state index contributed by atoms with van der Waals surface area (Å²) in [5, 5.41) is 3.78. The number of benzene rings is 1. The van der Waals surface area contributed by atoms with Gasteiger partial charge in [-0.15, -0.1) is 0 Å². The van der Waals surface area contributed by atoms with Crippen LogP contribution in [0.2, 0.25) is 0 Å². The predicted molar refractivity (Wildman–Crippen MR) is 87.1 cm³/mol. The van der Waals surface area contributed by atoms with Crippen LogP contribution in [0.5, 0.6) is 11.5 Å². The van der Waals surface area contributed by atoms with Crippen LogP contribution in [0.25, 0.3) is 0 Å². The first kappa shape index (κ1) is 16.2. The highest BCUT2D eigenvalue weighted by Gasteiger charge is 2.25. The third-order valence-corrected chi connectivity index (χ3v) is 4.99. The van der Waals surface area contributed by atoms with Crippen molar-refractivity contribution in [1.29, 1.82) is 0 Å². The Balaban J connectivity index is 2.01. The van der Waals surface area contributed by atoms with Gasteiger partial charge in [0.25, 0.3) is 0 Å². The van der Waals surface area contributed by atoms with E-state index < -0.39 is 0 Å². The van der Waals surface area contributed by atoms with Crippen molar-refractivity contribution in [2.24, 2.45) is 11.8 Å². The summed E-state index contributed by atoms with van der Waals surface area (Å²) in [5.41, 5.74) is 1.25. The van der Waals surface area contributed by atoms with Crippen LogP contribution in [0.4, 0.5) is 0 Å². The Morgan fingerprint density at radius 3 is 2.38 bits per heavy atom. The fourth-order valence-corrected chi connectivity index (χ4v) is 3.27. The van der Waals surface area contributed by atoms with Crippen molar-refractivity contribution in [2.75, 3.05) is 14.2 Å². The molecule has 0 aromatic heterocycles. The summed E-state index contributed by atoms with van der Waals surface area (Å²) in [6.45, 7) is 6.97. The molecule has 3 nitrogen and oxygen atoms in total. The van der Waals surface area contributed by atoms with Crippen LogP contribution < -0.4 is 14.8 Å². The molecule has 1 aliphatic rings. The molecule has 3 heteroatoms. The van der Waals surface area contributed by atoms with Crippen LogP contribution in [-0.2, 0) is 0 Å². The van der Waals surface area contributed by atoms with Gasteiger partial charge in [0.05, 0.1) is 14.2 Å². The molecular weight excluding hydrogens is 262 g/mol.